The Morgan fingerprint density at radius 1 is 0.281 bits per heavy atom. The van der Waals surface area contributed by atoms with Gasteiger partial charge in [-0.1, -0.05) is 350 Å². The lowest BCUT2D eigenvalue weighted by Gasteiger charge is -2.21. The molecule has 0 aromatic heterocycles. The highest BCUT2D eigenvalue weighted by Gasteiger charge is 2.30. The van der Waals surface area contributed by atoms with Gasteiger partial charge in [-0.3, -0.25) is 37.3 Å². The van der Waals surface area contributed by atoms with Crippen molar-refractivity contribution < 1.29 is 80.2 Å². The van der Waals surface area contributed by atoms with E-state index in [-0.39, 0.29) is 25.7 Å². The van der Waals surface area contributed by atoms with Crippen molar-refractivity contribution in [2.24, 2.45) is 11.8 Å². The third-order valence-electron chi connectivity index (χ3n) is 18.0. The number of ether oxygens (including phenoxy) is 4. The quantitative estimate of drug-likeness (QED) is 0.0222. The summed E-state index contributed by atoms with van der Waals surface area (Å²) < 4.78 is 68.4. The number of hydrogen-bond donors (Lipinski definition) is 3. The summed E-state index contributed by atoms with van der Waals surface area (Å²) in [4.78, 5) is 72.7. The van der Waals surface area contributed by atoms with Crippen LogP contribution in [0, 0.1) is 11.8 Å². The van der Waals surface area contributed by atoms with Gasteiger partial charge >= 0.3 is 39.5 Å². The van der Waals surface area contributed by atoms with Crippen molar-refractivity contribution in [3.8, 4) is 0 Å². The van der Waals surface area contributed by atoms with Gasteiger partial charge in [-0.05, 0) is 37.5 Å². The summed E-state index contributed by atoms with van der Waals surface area (Å²) >= 11 is 0. The van der Waals surface area contributed by atoms with Crippen LogP contribution in [0.5, 0.6) is 0 Å². The molecule has 5 atom stereocenters. The van der Waals surface area contributed by atoms with Crippen LogP contribution in [0.4, 0.5) is 0 Å². The van der Waals surface area contributed by atoms with Crippen molar-refractivity contribution in [3.63, 3.8) is 0 Å². The highest BCUT2D eigenvalue weighted by molar-refractivity contribution is 7.47. The zero-order valence-electron chi connectivity index (χ0n) is 62.7. The summed E-state index contributed by atoms with van der Waals surface area (Å²) in [6, 6.07) is 0. The molecule has 570 valence electrons. The number of phosphoric acid groups is 2. The molecule has 2 unspecified atom stereocenters. The van der Waals surface area contributed by atoms with E-state index in [1.54, 1.807) is 0 Å². The van der Waals surface area contributed by atoms with E-state index in [1.807, 2.05) is 0 Å². The van der Waals surface area contributed by atoms with Crippen LogP contribution in [-0.4, -0.2) is 96.7 Å². The fraction of sp³-hybridized carbons (Fsp3) is 0.948. The van der Waals surface area contributed by atoms with E-state index in [4.69, 9.17) is 37.0 Å². The van der Waals surface area contributed by atoms with Gasteiger partial charge in [0.1, 0.15) is 19.3 Å². The monoisotopic (exact) mass is 1410 g/mol. The van der Waals surface area contributed by atoms with E-state index in [0.29, 0.717) is 31.6 Å². The molecular weight excluding hydrogens is 1260 g/mol. The third-order valence-corrected chi connectivity index (χ3v) is 19.9. The normalized spacial score (nSPS) is 14.0. The highest BCUT2D eigenvalue weighted by atomic mass is 31.2. The van der Waals surface area contributed by atoms with Crippen LogP contribution >= 0.6 is 15.6 Å². The number of carbonyl (C=O) groups is 4. The number of carbonyl (C=O) groups excluding carboxylic acids is 4. The Labute approximate surface area is 588 Å². The number of rotatable bonds is 76. The van der Waals surface area contributed by atoms with Crippen molar-refractivity contribution in [1.82, 2.24) is 0 Å². The molecule has 17 nitrogen and oxygen atoms in total. The summed E-state index contributed by atoms with van der Waals surface area (Å²) in [6.45, 7) is 9.54. The fourth-order valence-corrected chi connectivity index (χ4v) is 13.4. The minimum Gasteiger partial charge on any atom is -0.462 e. The van der Waals surface area contributed by atoms with Crippen LogP contribution in [0.1, 0.15) is 401 Å². The zero-order valence-corrected chi connectivity index (χ0v) is 64.5. The fourth-order valence-electron chi connectivity index (χ4n) is 11.8. The van der Waals surface area contributed by atoms with Crippen molar-refractivity contribution in [2.75, 3.05) is 39.6 Å². The zero-order chi connectivity index (χ0) is 70.7. The molecule has 0 fully saturated rings. The Morgan fingerprint density at radius 2 is 0.479 bits per heavy atom. The van der Waals surface area contributed by atoms with E-state index in [2.05, 4.69) is 41.5 Å². The summed E-state index contributed by atoms with van der Waals surface area (Å²) in [5.41, 5.74) is 0. The first kappa shape index (κ1) is 94.1. The largest absolute Gasteiger partial charge is 0.472 e. The number of esters is 4. The topological polar surface area (TPSA) is 237 Å². The minimum atomic E-state index is -4.96. The van der Waals surface area contributed by atoms with Crippen LogP contribution in [0.25, 0.3) is 0 Å². The molecule has 0 aliphatic heterocycles. The van der Waals surface area contributed by atoms with Gasteiger partial charge in [0.2, 0.25) is 0 Å². The van der Waals surface area contributed by atoms with Gasteiger partial charge in [0, 0.05) is 25.7 Å². The molecular formula is C77H150O17P2. The van der Waals surface area contributed by atoms with E-state index in [9.17, 15) is 43.2 Å². The molecule has 0 saturated heterocycles. The molecule has 3 N–H and O–H groups in total. The van der Waals surface area contributed by atoms with Crippen molar-refractivity contribution in [1.29, 1.82) is 0 Å². The standard InChI is InChI=1S/C77H150O17P2/c1-7-9-11-13-15-17-18-19-20-23-27-30-33-36-42-48-54-60-75(80)88-66-72(93-76(81)61-55-49-43-37-34-31-28-25-22-21-24-26-29-32-35-39-45-51-57-69(3)4)67-91-95(83,84)89-63-71(78)64-90-96(85,86)92-68-73(65-87-74(79)59-53-47-41-16-14-12-10-8-2)94-77(82)62-56-50-44-38-40-46-52-58-70(5)6/h69-73,78H,7-68H2,1-6H3,(H,83,84)(H,85,86)/t71-,72-,73-/m1/s1. The number of hydrogen-bond acceptors (Lipinski definition) is 15. The Morgan fingerprint density at radius 3 is 0.708 bits per heavy atom. The van der Waals surface area contributed by atoms with Crippen molar-refractivity contribution in [2.45, 2.75) is 419 Å². The van der Waals surface area contributed by atoms with Crippen molar-refractivity contribution >= 4 is 39.5 Å². The van der Waals surface area contributed by atoms with E-state index < -0.39 is 97.5 Å². The molecule has 0 radical (unpaired) electrons. The molecule has 0 amide bonds. The first-order valence-electron chi connectivity index (χ1n) is 40.0. The lowest BCUT2D eigenvalue weighted by Crippen LogP contribution is -2.30. The molecule has 0 aliphatic rings. The van der Waals surface area contributed by atoms with Crippen LogP contribution in [0.15, 0.2) is 0 Å². The molecule has 0 heterocycles. The van der Waals surface area contributed by atoms with Crippen molar-refractivity contribution in [3.05, 3.63) is 0 Å². The van der Waals surface area contributed by atoms with Crippen LogP contribution in [-0.2, 0) is 65.4 Å². The molecule has 96 heavy (non-hydrogen) atoms. The van der Waals surface area contributed by atoms with E-state index in [0.717, 1.165) is 102 Å². The molecule has 0 aromatic rings. The van der Waals surface area contributed by atoms with E-state index >= 15 is 0 Å². The van der Waals surface area contributed by atoms with Crippen LogP contribution in [0.3, 0.4) is 0 Å². The van der Waals surface area contributed by atoms with Gasteiger partial charge in [0.15, 0.2) is 12.2 Å². The predicted octanol–water partition coefficient (Wildman–Crippen LogP) is 22.7. The third kappa shape index (κ3) is 70.5. The van der Waals surface area contributed by atoms with E-state index in [1.165, 1.54) is 212 Å². The maximum atomic E-state index is 13.1. The smallest absolute Gasteiger partial charge is 0.462 e. The highest BCUT2D eigenvalue weighted by Crippen LogP contribution is 2.45. The average molecular weight is 1410 g/mol. The Bertz CT molecular complexity index is 1860. The summed E-state index contributed by atoms with van der Waals surface area (Å²) in [7, 11) is -9.91. The van der Waals surface area contributed by atoms with Crippen LogP contribution < -0.4 is 0 Å². The van der Waals surface area contributed by atoms with Gasteiger partial charge in [0.05, 0.1) is 26.4 Å². The Kier molecular flexibility index (Phi) is 67.4. The molecule has 0 aliphatic carbocycles. The summed E-state index contributed by atoms with van der Waals surface area (Å²) in [6.07, 6.45) is 57.2. The van der Waals surface area contributed by atoms with Gasteiger partial charge in [-0.15, -0.1) is 0 Å². The lowest BCUT2D eigenvalue weighted by molar-refractivity contribution is -0.161. The summed E-state index contributed by atoms with van der Waals surface area (Å²) in [5, 5.41) is 10.6. The maximum absolute atomic E-state index is 13.1. The van der Waals surface area contributed by atoms with Gasteiger partial charge in [-0.25, -0.2) is 9.13 Å². The predicted molar refractivity (Wildman–Crippen MR) is 391 cm³/mol. The van der Waals surface area contributed by atoms with Gasteiger partial charge < -0.3 is 33.8 Å². The second kappa shape index (κ2) is 68.8. The second-order valence-corrected chi connectivity index (χ2v) is 31.6. The van der Waals surface area contributed by atoms with Gasteiger partial charge in [0.25, 0.3) is 0 Å². The number of phosphoric ester groups is 2. The first-order chi connectivity index (χ1) is 46.4. The number of aliphatic hydroxyl groups is 1. The van der Waals surface area contributed by atoms with Crippen LogP contribution in [0.2, 0.25) is 0 Å². The molecule has 0 rings (SSSR count). The molecule has 0 spiro atoms. The molecule has 19 heteroatoms. The van der Waals surface area contributed by atoms with Gasteiger partial charge in [-0.2, -0.15) is 0 Å². The SMILES string of the molecule is CCCCCCCCCCCCCCCCCCCC(=O)OC[C@H](COP(=O)(O)OC[C@@H](O)COP(=O)(O)OC[C@@H](COC(=O)CCCCCCCCCC)OC(=O)CCCCCCCCCC(C)C)OC(=O)CCCCCCCCCCCCCCCCCCCCC(C)C. The second-order valence-electron chi connectivity index (χ2n) is 28.7. The average Bonchev–Trinajstić information content (AvgIpc) is 1.19. The molecule has 0 saturated carbocycles. The first-order valence-corrected chi connectivity index (χ1v) is 43.0. The Balaban J connectivity index is 5.17. The number of aliphatic hydroxyl groups excluding tert-OH is 1. The molecule has 0 aromatic carbocycles. The maximum Gasteiger partial charge on any atom is 0.472 e. The lowest BCUT2D eigenvalue weighted by atomic mass is 10.0. The summed E-state index contributed by atoms with van der Waals surface area (Å²) in [5.74, 6) is -0.603. The molecule has 0 bridgehead atoms. The number of unbranched alkanes of at least 4 members (excludes halogenated alkanes) is 46. The minimum absolute atomic E-state index is 0.104. The Hall–Kier alpha value is -1.94.